The van der Waals surface area contributed by atoms with Crippen molar-refractivity contribution < 1.29 is 4.79 Å². The van der Waals surface area contributed by atoms with Crippen LogP contribution in [0, 0.1) is 11.8 Å². The van der Waals surface area contributed by atoms with Gasteiger partial charge in [0.05, 0.1) is 5.56 Å². The summed E-state index contributed by atoms with van der Waals surface area (Å²) >= 11 is 0. The van der Waals surface area contributed by atoms with Crippen LogP contribution in [-0.2, 0) is 0 Å². The predicted molar refractivity (Wildman–Crippen MR) is 70.5 cm³/mol. The molecule has 1 amide bonds. The number of hydrogen-bond donors (Lipinski definition) is 2. The van der Waals surface area contributed by atoms with Gasteiger partial charge in [0, 0.05) is 19.3 Å². The lowest BCUT2D eigenvalue weighted by molar-refractivity contribution is 0.0963. The Bertz CT molecular complexity index is 440. The molecule has 96 valence electrons. The number of aromatic nitrogens is 1. The Morgan fingerprint density at radius 3 is 2.56 bits per heavy atom. The summed E-state index contributed by atoms with van der Waals surface area (Å²) in [5.41, 5.74) is 0.645. The van der Waals surface area contributed by atoms with E-state index in [1.165, 1.54) is 25.7 Å². The number of nitrogens with zero attached hydrogens (tertiary/aromatic N) is 1. The van der Waals surface area contributed by atoms with E-state index < -0.39 is 0 Å². The molecule has 0 atom stereocenters. The van der Waals surface area contributed by atoms with Crippen LogP contribution in [0.3, 0.4) is 0 Å². The Hall–Kier alpha value is -1.58. The Labute approximate surface area is 107 Å². The lowest BCUT2D eigenvalue weighted by Crippen LogP contribution is -2.27. The maximum absolute atomic E-state index is 11.8. The Morgan fingerprint density at radius 2 is 2.00 bits per heavy atom. The Balaban J connectivity index is 1.80. The van der Waals surface area contributed by atoms with Crippen molar-refractivity contribution in [1.29, 1.82) is 0 Å². The first kappa shape index (κ1) is 11.5. The van der Waals surface area contributed by atoms with E-state index in [1.807, 2.05) is 6.07 Å². The van der Waals surface area contributed by atoms with E-state index in [-0.39, 0.29) is 5.91 Å². The molecule has 0 aromatic carbocycles. The molecule has 0 radical (unpaired) electrons. The van der Waals surface area contributed by atoms with Crippen LogP contribution in [0.2, 0.25) is 0 Å². The standard InChI is InChI=1S/C14H19N3O/c1-15-14(18)11-3-2-8-16-13(11)17-12(9-4-5-9)10-6-7-10/h2-3,8-10,12H,4-7H2,1H3,(H,15,18)(H,16,17). The van der Waals surface area contributed by atoms with E-state index in [1.54, 1.807) is 19.3 Å². The molecule has 1 aromatic heterocycles. The first-order valence-electron chi connectivity index (χ1n) is 6.73. The molecule has 2 aliphatic rings. The van der Waals surface area contributed by atoms with Gasteiger partial charge in [-0.15, -0.1) is 0 Å². The average Bonchev–Trinajstić information content (AvgIpc) is 3.29. The third-order valence-corrected chi connectivity index (χ3v) is 3.84. The molecule has 0 saturated heterocycles. The van der Waals surface area contributed by atoms with E-state index in [2.05, 4.69) is 15.6 Å². The Kier molecular flexibility index (Phi) is 2.94. The number of carbonyl (C=O) groups excluding carboxylic acids is 1. The van der Waals surface area contributed by atoms with Crippen LogP contribution in [0.15, 0.2) is 18.3 Å². The summed E-state index contributed by atoms with van der Waals surface area (Å²) < 4.78 is 0. The van der Waals surface area contributed by atoms with Crippen molar-refractivity contribution in [3.05, 3.63) is 23.9 Å². The lowest BCUT2D eigenvalue weighted by atomic mass is 10.1. The van der Waals surface area contributed by atoms with Crippen LogP contribution in [0.4, 0.5) is 5.82 Å². The largest absolute Gasteiger partial charge is 0.366 e. The molecule has 3 rings (SSSR count). The summed E-state index contributed by atoms with van der Waals surface area (Å²) in [5, 5.41) is 6.18. The highest BCUT2D eigenvalue weighted by atomic mass is 16.1. The monoisotopic (exact) mass is 245 g/mol. The second-order valence-electron chi connectivity index (χ2n) is 5.32. The van der Waals surface area contributed by atoms with Crippen molar-refractivity contribution in [2.24, 2.45) is 11.8 Å². The maximum Gasteiger partial charge on any atom is 0.254 e. The lowest BCUT2D eigenvalue weighted by Gasteiger charge is -2.19. The minimum atomic E-state index is -0.0732. The Morgan fingerprint density at radius 1 is 1.33 bits per heavy atom. The number of carbonyl (C=O) groups is 1. The van der Waals surface area contributed by atoms with Gasteiger partial charge in [0.25, 0.3) is 5.91 Å². The molecule has 0 unspecified atom stereocenters. The molecule has 1 heterocycles. The van der Waals surface area contributed by atoms with Gasteiger partial charge in [0.2, 0.25) is 0 Å². The third-order valence-electron chi connectivity index (χ3n) is 3.84. The molecule has 0 bridgehead atoms. The van der Waals surface area contributed by atoms with E-state index in [0.717, 1.165) is 17.7 Å². The van der Waals surface area contributed by atoms with Gasteiger partial charge >= 0.3 is 0 Å². The fraction of sp³-hybridized carbons (Fsp3) is 0.571. The zero-order valence-corrected chi connectivity index (χ0v) is 10.6. The third kappa shape index (κ3) is 2.33. The molecule has 18 heavy (non-hydrogen) atoms. The summed E-state index contributed by atoms with van der Waals surface area (Å²) in [6, 6.07) is 4.15. The van der Waals surface area contributed by atoms with E-state index in [4.69, 9.17) is 0 Å². The molecule has 4 heteroatoms. The molecule has 1 aromatic rings. The zero-order chi connectivity index (χ0) is 12.5. The minimum absolute atomic E-state index is 0.0732. The molecule has 0 aliphatic heterocycles. The molecule has 2 saturated carbocycles. The summed E-state index contributed by atoms with van der Waals surface area (Å²) in [4.78, 5) is 16.1. The van der Waals surface area contributed by atoms with Crippen LogP contribution in [-0.4, -0.2) is 24.0 Å². The van der Waals surface area contributed by atoms with Gasteiger partial charge in [-0.1, -0.05) is 0 Å². The normalized spacial score (nSPS) is 18.8. The SMILES string of the molecule is CNC(=O)c1cccnc1NC(C1CC1)C1CC1. The minimum Gasteiger partial charge on any atom is -0.366 e. The van der Waals surface area contributed by atoms with Crippen LogP contribution in [0.1, 0.15) is 36.0 Å². The number of hydrogen-bond acceptors (Lipinski definition) is 3. The number of rotatable bonds is 5. The summed E-state index contributed by atoms with van der Waals surface area (Å²) in [6.45, 7) is 0. The molecule has 4 nitrogen and oxygen atoms in total. The van der Waals surface area contributed by atoms with Gasteiger partial charge in [-0.3, -0.25) is 4.79 Å². The fourth-order valence-corrected chi connectivity index (χ4v) is 2.53. The zero-order valence-electron chi connectivity index (χ0n) is 10.6. The second-order valence-corrected chi connectivity index (χ2v) is 5.32. The topological polar surface area (TPSA) is 54.0 Å². The van der Waals surface area contributed by atoms with Crippen LogP contribution < -0.4 is 10.6 Å². The van der Waals surface area contributed by atoms with Gasteiger partial charge in [-0.05, 0) is 49.7 Å². The van der Waals surface area contributed by atoms with Crippen molar-refractivity contribution >= 4 is 11.7 Å². The van der Waals surface area contributed by atoms with Crippen LogP contribution in [0.25, 0.3) is 0 Å². The first-order chi connectivity index (χ1) is 8.79. The maximum atomic E-state index is 11.8. The van der Waals surface area contributed by atoms with Gasteiger partial charge in [-0.2, -0.15) is 0 Å². The summed E-state index contributed by atoms with van der Waals surface area (Å²) in [7, 11) is 1.65. The van der Waals surface area contributed by atoms with Gasteiger partial charge in [0.15, 0.2) is 0 Å². The average molecular weight is 245 g/mol. The van der Waals surface area contributed by atoms with Gasteiger partial charge in [-0.25, -0.2) is 4.98 Å². The highest BCUT2D eigenvalue weighted by Crippen LogP contribution is 2.45. The van der Waals surface area contributed by atoms with Crippen molar-refractivity contribution in [3.63, 3.8) is 0 Å². The predicted octanol–water partition coefficient (Wildman–Crippen LogP) is 2.04. The summed E-state index contributed by atoms with van der Waals surface area (Å²) in [6.07, 6.45) is 7.00. The van der Waals surface area contributed by atoms with Crippen molar-refractivity contribution in [3.8, 4) is 0 Å². The van der Waals surface area contributed by atoms with Gasteiger partial charge < -0.3 is 10.6 Å². The first-order valence-corrected chi connectivity index (χ1v) is 6.73. The fourth-order valence-electron chi connectivity index (χ4n) is 2.53. The van der Waals surface area contributed by atoms with E-state index >= 15 is 0 Å². The van der Waals surface area contributed by atoms with Crippen LogP contribution in [0.5, 0.6) is 0 Å². The smallest absolute Gasteiger partial charge is 0.254 e. The number of amides is 1. The molecule has 2 fully saturated rings. The molecular weight excluding hydrogens is 226 g/mol. The summed E-state index contributed by atoms with van der Waals surface area (Å²) in [5.74, 6) is 2.24. The van der Waals surface area contributed by atoms with Crippen molar-refractivity contribution in [2.75, 3.05) is 12.4 Å². The second kappa shape index (κ2) is 4.59. The van der Waals surface area contributed by atoms with Crippen molar-refractivity contribution in [1.82, 2.24) is 10.3 Å². The highest BCUT2D eigenvalue weighted by Gasteiger charge is 2.41. The van der Waals surface area contributed by atoms with Gasteiger partial charge in [0.1, 0.15) is 5.82 Å². The van der Waals surface area contributed by atoms with E-state index in [9.17, 15) is 4.79 Å². The molecular formula is C14H19N3O. The highest BCUT2D eigenvalue weighted by molar-refractivity contribution is 5.98. The molecule has 0 spiro atoms. The van der Waals surface area contributed by atoms with E-state index in [0.29, 0.717) is 11.6 Å². The van der Waals surface area contributed by atoms with Crippen molar-refractivity contribution in [2.45, 2.75) is 31.7 Å². The number of anilines is 1. The quantitative estimate of drug-likeness (QED) is 0.834. The number of pyridine rings is 1. The van der Waals surface area contributed by atoms with Crippen LogP contribution >= 0.6 is 0 Å². The number of nitrogens with one attached hydrogen (secondary N) is 2. The molecule has 2 aliphatic carbocycles. The molecule has 2 N–H and O–H groups in total.